The summed E-state index contributed by atoms with van der Waals surface area (Å²) in [7, 11) is 0. The van der Waals surface area contributed by atoms with Crippen molar-refractivity contribution in [3.8, 4) is 0 Å². The van der Waals surface area contributed by atoms with Crippen LogP contribution in [-0.2, 0) is 4.79 Å². The fourth-order valence-electron chi connectivity index (χ4n) is 1.29. The molecule has 0 aliphatic rings. The normalized spacial score (nSPS) is 14.6. The van der Waals surface area contributed by atoms with Gasteiger partial charge in [0.05, 0.1) is 6.04 Å². The maximum absolute atomic E-state index is 11.5. The van der Waals surface area contributed by atoms with Crippen molar-refractivity contribution in [2.45, 2.75) is 38.8 Å². The minimum absolute atomic E-state index is 0.00736. The zero-order valence-electron chi connectivity index (χ0n) is 9.06. The van der Waals surface area contributed by atoms with Gasteiger partial charge >= 0.3 is 0 Å². The van der Waals surface area contributed by atoms with Crippen LogP contribution in [0.15, 0.2) is 11.6 Å². The summed E-state index contributed by atoms with van der Waals surface area (Å²) in [5.41, 5.74) is 5.56. The highest BCUT2D eigenvalue weighted by molar-refractivity contribution is 7.09. The van der Waals surface area contributed by atoms with E-state index < -0.39 is 0 Å². The molecule has 5 heteroatoms. The summed E-state index contributed by atoms with van der Waals surface area (Å²) in [5, 5.41) is 5.80. The van der Waals surface area contributed by atoms with Gasteiger partial charge in [-0.2, -0.15) is 0 Å². The number of carbonyl (C=O) groups excluding carboxylic acids is 1. The van der Waals surface area contributed by atoms with E-state index in [9.17, 15) is 4.79 Å². The van der Waals surface area contributed by atoms with E-state index in [1.807, 2.05) is 19.2 Å². The number of rotatable bonds is 5. The van der Waals surface area contributed by atoms with Gasteiger partial charge in [-0.1, -0.05) is 6.92 Å². The Labute approximate surface area is 93.9 Å². The Morgan fingerprint density at radius 1 is 1.73 bits per heavy atom. The molecule has 1 heterocycles. The van der Waals surface area contributed by atoms with Crippen LogP contribution in [0.4, 0.5) is 0 Å². The lowest BCUT2D eigenvalue weighted by atomic mass is 10.2. The summed E-state index contributed by atoms with van der Waals surface area (Å²) in [6.45, 7) is 3.85. The summed E-state index contributed by atoms with van der Waals surface area (Å²) in [6.07, 6.45) is 2.96. The van der Waals surface area contributed by atoms with Crippen LogP contribution >= 0.6 is 11.3 Å². The van der Waals surface area contributed by atoms with E-state index in [1.54, 1.807) is 17.5 Å². The standard InChI is InChI=1S/C10H17N3OS/c1-3-8(10-12-4-5-15-10)13-9(14)6-7(2)11/h4-5,7-8H,3,6,11H2,1-2H3,(H,13,14). The molecular formula is C10H17N3OS. The largest absolute Gasteiger partial charge is 0.347 e. The van der Waals surface area contributed by atoms with Crippen LogP contribution in [0.5, 0.6) is 0 Å². The van der Waals surface area contributed by atoms with Gasteiger partial charge in [0.1, 0.15) is 5.01 Å². The van der Waals surface area contributed by atoms with E-state index in [-0.39, 0.29) is 18.0 Å². The Hall–Kier alpha value is -0.940. The molecule has 0 spiro atoms. The van der Waals surface area contributed by atoms with E-state index in [0.717, 1.165) is 11.4 Å². The first kappa shape index (κ1) is 12.1. The van der Waals surface area contributed by atoms with Crippen molar-refractivity contribution in [3.05, 3.63) is 16.6 Å². The zero-order chi connectivity index (χ0) is 11.3. The second kappa shape index (κ2) is 5.82. The molecule has 3 N–H and O–H groups in total. The Morgan fingerprint density at radius 3 is 2.93 bits per heavy atom. The van der Waals surface area contributed by atoms with Gasteiger partial charge < -0.3 is 11.1 Å². The Kier molecular flexibility index (Phi) is 4.71. The lowest BCUT2D eigenvalue weighted by molar-refractivity contribution is -0.122. The molecule has 2 atom stereocenters. The van der Waals surface area contributed by atoms with Gasteiger partial charge in [-0.3, -0.25) is 4.79 Å². The van der Waals surface area contributed by atoms with Gasteiger partial charge in [0.25, 0.3) is 0 Å². The molecule has 15 heavy (non-hydrogen) atoms. The monoisotopic (exact) mass is 227 g/mol. The fourth-order valence-corrected chi connectivity index (χ4v) is 2.06. The number of nitrogens with zero attached hydrogens (tertiary/aromatic N) is 1. The Morgan fingerprint density at radius 2 is 2.47 bits per heavy atom. The summed E-state index contributed by atoms with van der Waals surface area (Å²) < 4.78 is 0. The van der Waals surface area contributed by atoms with Gasteiger partial charge in [-0.15, -0.1) is 11.3 Å². The molecule has 4 nitrogen and oxygen atoms in total. The van der Waals surface area contributed by atoms with Crippen molar-refractivity contribution in [1.82, 2.24) is 10.3 Å². The number of amides is 1. The summed E-state index contributed by atoms with van der Waals surface area (Å²) in [4.78, 5) is 15.7. The van der Waals surface area contributed by atoms with Crippen molar-refractivity contribution in [1.29, 1.82) is 0 Å². The Bertz CT molecular complexity index is 298. The third-order valence-corrected chi connectivity index (χ3v) is 2.89. The van der Waals surface area contributed by atoms with Crippen molar-refractivity contribution in [2.24, 2.45) is 5.73 Å². The Balaban J connectivity index is 2.51. The van der Waals surface area contributed by atoms with E-state index in [0.29, 0.717) is 6.42 Å². The summed E-state index contributed by atoms with van der Waals surface area (Å²) in [6, 6.07) is -0.0740. The van der Waals surface area contributed by atoms with Gasteiger partial charge in [-0.05, 0) is 13.3 Å². The van der Waals surface area contributed by atoms with E-state index in [1.165, 1.54) is 0 Å². The molecule has 1 aromatic heterocycles. The minimum Gasteiger partial charge on any atom is -0.347 e. The lowest BCUT2D eigenvalue weighted by Gasteiger charge is -2.15. The summed E-state index contributed by atoms with van der Waals surface area (Å²) >= 11 is 1.56. The van der Waals surface area contributed by atoms with Crippen LogP contribution < -0.4 is 11.1 Å². The fraction of sp³-hybridized carbons (Fsp3) is 0.600. The molecule has 0 saturated carbocycles. The third kappa shape index (κ3) is 3.97. The lowest BCUT2D eigenvalue weighted by Crippen LogP contribution is -2.32. The van der Waals surface area contributed by atoms with E-state index in [4.69, 9.17) is 5.73 Å². The van der Waals surface area contributed by atoms with Crippen molar-refractivity contribution in [3.63, 3.8) is 0 Å². The smallest absolute Gasteiger partial charge is 0.222 e. The van der Waals surface area contributed by atoms with E-state index in [2.05, 4.69) is 10.3 Å². The molecular weight excluding hydrogens is 210 g/mol. The van der Waals surface area contributed by atoms with Crippen molar-refractivity contribution >= 4 is 17.2 Å². The summed E-state index contributed by atoms with van der Waals surface area (Å²) in [5.74, 6) is -0.00736. The highest BCUT2D eigenvalue weighted by Gasteiger charge is 2.15. The maximum Gasteiger partial charge on any atom is 0.222 e. The van der Waals surface area contributed by atoms with Crippen LogP contribution in [0.3, 0.4) is 0 Å². The number of hydrogen-bond acceptors (Lipinski definition) is 4. The topological polar surface area (TPSA) is 68.0 Å². The number of nitrogens with two attached hydrogens (primary N) is 1. The number of hydrogen-bond donors (Lipinski definition) is 2. The average Bonchev–Trinajstić information content (AvgIpc) is 2.65. The van der Waals surface area contributed by atoms with Gasteiger partial charge in [0.15, 0.2) is 0 Å². The number of thiazole rings is 1. The molecule has 0 saturated heterocycles. The highest BCUT2D eigenvalue weighted by atomic mass is 32.1. The number of aromatic nitrogens is 1. The third-order valence-electron chi connectivity index (χ3n) is 2.00. The molecule has 0 aliphatic carbocycles. The number of carbonyl (C=O) groups is 1. The predicted molar refractivity (Wildman–Crippen MR) is 61.6 cm³/mol. The van der Waals surface area contributed by atoms with Crippen molar-refractivity contribution in [2.75, 3.05) is 0 Å². The molecule has 1 rings (SSSR count). The van der Waals surface area contributed by atoms with E-state index >= 15 is 0 Å². The van der Waals surface area contributed by atoms with Gasteiger partial charge in [0, 0.05) is 24.0 Å². The molecule has 0 fully saturated rings. The molecule has 84 valence electrons. The first-order valence-corrected chi connectivity index (χ1v) is 5.95. The molecule has 0 bridgehead atoms. The quantitative estimate of drug-likeness (QED) is 0.800. The van der Waals surface area contributed by atoms with Crippen molar-refractivity contribution < 1.29 is 4.79 Å². The zero-order valence-corrected chi connectivity index (χ0v) is 9.88. The molecule has 2 unspecified atom stereocenters. The molecule has 0 aliphatic heterocycles. The van der Waals surface area contributed by atoms with Gasteiger partial charge in [0.2, 0.25) is 5.91 Å². The molecule has 0 radical (unpaired) electrons. The minimum atomic E-state index is -0.0983. The highest BCUT2D eigenvalue weighted by Crippen LogP contribution is 2.18. The van der Waals surface area contributed by atoms with Crippen LogP contribution in [-0.4, -0.2) is 16.9 Å². The SMILES string of the molecule is CCC(NC(=O)CC(C)N)c1nccs1. The molecule has 1 aromatic rings. The van der Waals surface area contributed by atoms with Crippen LogP contribution in [0, 0.1) is 0 Å². The molecule has 0 aromatic carbocycles. The van der Waals surface area contributed by atoms with Crippen LogP contribution in [0.2, 0.25) is 0 Å². The number of nitrogens with one attached hydrogen (secondary N) is 1. The average molecular weight is 227 g/mol. The van der Waals surface area contributed by atoms with Gasteiger partial charge in [-0.25, -0.2) is 4.98 Å². The maximum atomic E-state index is 11.5. The second-order valence-corrected chi connectivity index (χ2v) is 4.51. The molecule has 1 amide bonds. The second-order valence-electron chi connectivity index (χ2n) is 3.58. The predicted octanol–water partition coefficient (Wildman–Crippen LogP) is 1.45. The first-order chi connectivity index (χ1) is 7.13. The first-order valence-electron chi connectivity index (χ1n) is 5.07. The van der Waals surface area contributed by atoms with Crippen LogP contribution in [0.25, 0.3) is 0 Å². The van der Waals surface area contributed by atoms with Crippen LogP contribution in [0.1, 0.15) is 37.7 Å².